The number of carbonyl (C=O) groups excluding carboxylic acids is 2. The van der Waals surface area contributed by atoms with Gasteiger partial charge in [-0.1, -0.05) is 0 Å². The number of aromatic nitrogens is 1. The molecule has 0 aliphatic carbocycles. The number of likely N-dealkylation sites (N-methyl/N-ethyl adjacent to an activating group) is 1. The lowest BCUT2D eigenvalue weighted by Gasteiger charge is -2.46. The number of piperidine rings is 1. The van der Waals surface area contributed by atoms with Gasteiger partial charge in [-0.25, -0.2) is 0 Å². The number of benzene rings is 1. The largest absolute Gasteiger partial charge is 0.363 e. The van der Waals surface area contributed by atoms with Gasteiger partial charge in [-0.15, -0.1) is 0 Å². The van der Waals surface area contributed by atoms with Crippen LogP contribution in [-0.4, -0.2) is 65.5 Å². The maximum atomic E-state index is 12.8. The molecule has 4 rings (SSSR count). The summed E-state index contributed by atoms with van der Waals surface area (Å²) in [4.78, 5) is 31.1. The van der Waals surface area contributed by atoms with Crippen LogP contribution in [0.25, 0.3) is 10.9 Å². The third kappa shape index (κ3) is 2.57. The zero-order valence-corrected chi connectivity index (χ0v) is 13.7. The summed E-state index contributed by atoms with van der Waals surface area (Å²) in [5.74, 6) is 0.0899. The fourth-order valence-electron chi connectivity index (χ4n) is 3.68. The van der Waals surface area contributed by atoms with Gasteiger partial charge >= 0.3 is 0 Å². The van der Waals surface area contributed by atoms with Crippen molar-refractivity contribution in [3.05, 3.63) is 36.0 Å². The highest BCUT2D eigenvalue weighted by Crippen LogP contribution is 2.30. The summed E-state index contributed by atoms with van der Waals surface area (Å²) in [5.41, 5.74) is 1.46. The Hall–Kier alpha value is -2.34. The predicted molar refractivity (Wildman–Crippen MR) is 89.8 cm³/mol. The van der Waals surface area contributed by atoms with Crippen molar-refractivity contribution in [3.8, 4) is 0 Å². The van der Waals surface area contributed by atoms with E-state index in [1.807, 2.05) is 42.4 Å². The second-order valence-electron chi connectivity index (χ2n) is 6.79. The average Bonchev–Trinajstić information content (AvgIpc) is 3.06. The van der Waals surface area contributed by atoms with Crippen LogP contribution in [0.4, 0.5) is 0 Å². The van der Waals surface area contributed by atoms with Crippen molar-refractivity contribution < 1.29 is 14.3 Å². The van der Waals surface area contributed by atoms with Crippen LogP contribution in [0.15, 0.2) is 30.5 Å². The number of likely N-dealkylation sites (tertiary alicyclic amines) is 1. The number of hydrogen-bond acceptors (Lipinski definition) is 3. The molecule has 2 saturated heterocycles. The predicted octanol–water partition coefficient (Wildman–Crippen LogP) is 1.63. The molecule has 1 N–H and O–H groups in total. The summed E-state index contributed by atoms with van der Waals surface area (Å²) < 4.78 is 5.84. The number of hydrogen-bond donors (Lipinski definition) is 1. The van der Waals surface area contributed by atoms with Gasteiger partial charge in [0.15, 0.2) is 0 Å². The first kappa shape index (κ1) is 15.2. The summed E-state index contributed by atoms with van der Waals surface area (Å²) >= 11 is 0. The minimum atomic E-state index is -0.288. The summed E-state index contributed by atoms with van der Waals surface area (Å²) in [7, 11) is 1.82. The van der Waals surface area contributed by atoms with Crippen molar-refractivity contribution in [3.63, 3.8) is 0 Å². The highest BCUT2D eigenvalue weighted by molar-refractivity contribution is 5.98. The Bertz CT molecular complexity index is 790. The summed E-state index contributed by atoms with van der Waals surface area (Å²) in [5, 5.41) is 1.05. The Kier molecular flexibility index (Phi) is 3.57. The molecule has 2 fully saturated rings. The molecule has 0 atom stereocenters. The highest BCUT2D eigenvalue weighted by atomic mass is 16.5. The van der Waals surface area contributed by atoms with Gasteiger partial charge in [-0.05, 0) is 37.1 Å². The van der Waals surface area contributed by atoms with E-state index < -0.39 is 0 Å². The van der Waals surface area contributed by atoms with Gasteiger partial charge in [0, 0.05) is 49.3 Å². The maximum Gasteiger partial charge on any atom is 0.253 e. The fourth-order valence-corrected chi connectivity index (χ4v) is 3.68. The number of ether oxygens (including phenoxy) is 1. The quantitative estimate of drug-likeness (QED) is 0.866. The third-order valence-electron chi connectivity index (χ3n) is 5.22. The monoisotopic (exact) mass is 327 g/mol. The third-order valence-corrected chi connectivity index (χ3v) is 5.22. The number of nitrogens with one attached hydrogen (secondary N) is 1. The van der Waals surface area contributed by atoms with Gasteiger partial charge in [0.2, 0.25) is 5.91 Å². The molecule has 6 heteroatoms. The SMILES string of the molecule is CN1CC2(CCN(C(=O)c3ccc4[nH]ccc4c3)CC2)OCC1=O. The van der Waals surface area contributed by atoms with E-state index in [0.29, 0.717) is 19.6 Å². The molecule has 126 valence electrons. The minimum absolute atomic E-state index is 0.0268. The number of H-pyrrole nitrogens is 1. The first-order valence-electron chi connectivity index (χ1n) is 8.31. The van der Waals surface area contributed by atoms with E-state index in [1.165, 1.54) is 0 Å². The van der Waals surface area contributed by atoms with Gasteiger partial charge in [0.25, 0.3) is 5.91 Å². The van der Waals surface area contributed by atoms with Gasteiger partial charge in [-0.3, -0.25) is 9.59 Å². The Morgan fingerprint density at radius 1 is 1.25 bits per heavy atom. The van der Waals surface area contributed by atoms with Gasteiger partial charge in [0.1, 0.15) is 6.61 Å². The molecule has 0 radical (unpaired) electrons. The maximum absolute atomic E-state index is 12.8. The minimum Gasteiger partial charge on any atom is -0.363 e. The van der Waals surface area contributed by atoms with E-state index in [9.17, 15) is 9.59 Å². The Balaban J connectivity index is 1.45. The van der Waals surface area contributed by atoms with Crippen molar-refractivity contribution in [1.29, 1.82) is 0 Å². The van der Waals surface area contributed by atoms with E-state index in [4.69, 9.17) is 4.74 Å². The number of fused-ring (bicyclic) bond motifs is 1. The van der Waals surface area contributed by atoms with Gasteiger partial charge in [-0.2, -0.15) is 0 Å². The van der Waals surface area contributed by atoms with Crippen LogP contribution in [0.3, 0.4) is 0 Å². The van der Waals surface area contributed by atoms with Crippen molar-refractivity contribution in [2.45, 2.75) is 18.4 Å². The van der Waals surface area contributed by atoms with Crippen molar-refractivity contribution in [1.82, 2.24) is 14.8 Å². The van der Waals surface area contributed by atoms with E-state index in [-0.39, 0.29) is 24.0 Å². The zero-order chi connectivity index (χ0) is 16.7. The molecule has 2 aliphatic heterocycles. The molecule has 1 aromatic carbocycles. The van der Waals surface area contributed by atoms with E-state index in [1.54, 1.807) is 4.90 Å². The van der Waals surface area contributed by atoms with Crippen molar-refractivity contribution >= 4 is 22.7 Å². The smallest absolute Gasteiger partial charge is 0.253 e. The normalized spacial score (nSPS) is 20.8. The summed E-state index contributed by atoms with van der Waals surface area (Å²) in [6.07, 6.45) is 3.41. The zero-order valence-electron chi connectivity index (χ0n) is 13.7. The van der Waals surface area contributed by atoms with Crippen LogP contribution in [0, 0.1) is 0 Å². The van der Waals surface area contributed by atoms with Crippen LogP contribution >= 0.6 is 0 Å². The number of amides is 2. The molecule has 1 spiro atoms. The second kappa shape index (κ2) is 5.63. The second-order valence-corrected chi connectivity index (χ2v) is 6.79. The number of nitrogens with zero attached hydrogens (tertiary/aromatic N) is 2. The molecule has 1 aromatic heterocycles. The molecular formula is C18H21N3O3. The van der Waals surface area contributed by atoms with E-state index in [2.05, 4.69) is 4.98 Å². The first-order chi connectivity index (χ1) is 11.6. The molecule has 0 unspecified atom stereocenters. The summed E-state index contributed by atoms with van der Waals surface area (Å²) in [6.45, 7) is 2.08. The molecule has 24 heavy (non-hydrogen) atoms. The Morgan fingerprint density at radius 3 is 2.79 bits per heavy atom. The lowest BCUT2D eigenvalue weighted by atomic mass is 9.89. The van der Waals surface area contributed by atoms with Crippen LogP contribution in [0.5, 0.6) is 0 Å². The fraction of sp³-hybridized carbons (Fsp3) is 0.444. The van der Waals surface area contributed by atoms with E-state index >= 15 is 0 Å². The van der Waals surface area contributed by atoms with Crippen LogP contribution in [-0.2, 0) is 9.53 Å². The van der Waals surface area contributed by atoms with Crippen LogP contribution < -0.4 is 0 Å². The highest BCUT2D eigenvalue weighted by Gasteiger charge is 2.42. The standard InChI is InChI=1S/C18H21N3O3/c1-20-12-18(24-11-16(20)22)5-8-21(9-6-18)17(23)14-2-3-15-13(10-14)4-7-19-15/h2-4,7,10,19H,5-6,8-9,11-12H2,1H3. The molecule has 0 saturated carbocycles. The summed E-state index contributed by atoms with van der Waals surface area (Å²) in [6, 6.07) is 7.72. The number of rotatable bonds is 1. The molecular weight excluding hydrogens is 306 g/mol. The van der Waals surface area contributed by atoms with Crippen LogP contribution in [0.1, 0.15) is 23.2 Å². The first-order valence-corrected chi connectivity index (χ1v) is 8.31. The van der Waals surface area contributed by atoms with Crippen molar-refractivity contribution in [2.24, 2.45) is 0 Å². The average molecular weight is 327 g/mol. The Labute approximate surface area is 140 Å². The van der Waals surface area contributed by atoms with E-state index in [0.717, 1.165) is 29.3 Å². The molecule has 0 bridgehead atoms. The lowest BCUT2D eigenvalue weighted by molar-refractivity contribution is -0.167. The number of aromatic amines is 1. The number of carbonyl (C=O) groups is 2. The van der Waals surface area contributed by atoms with Crippen molar-refractivity contribution in [2.75, 3.05) is 33.3 Å². The molecule has 2 aromatic rings. The van der Waals surface area contributed by atoms with Gasteiger partial charge in [0.05, 0.1) is 5.60 Å². The number of morpholine rings is 1. The van der Waals surface area contributed by atoms with Crippen LogP contribution in [0.2, 0.25) is 0 Å². The molecule has 3 heterocycles. The molecule has 2 amide bonds. The topological polar surface area (TPSA) is 65.6 Å². The molecule has 2 aliphatic rings. The lowest BCUT2D eigenvalue weighted by Crippen LogP contribution is -2.58. The van der Waals surface area contributed by atoms with Gasteiger partial charge < -0.3 is 19.5 Å². The molecule has 6 nitrogen and oxygen atoms in total. The Morgan fingerprint density at radius 2 is 2.04 bits per heavy atom.